The molecule has 0 atom stereocenters. The molecule has 1 saturated heterocycles. The predicted octanol–water partition coefficient (Wildman–Crippen LogP) is 0.908. The summed E-state index contributed by atoms with van der Waals surface area (Å²) in [7, 11) is 0. The summed E-state index contributed by atoms with van der Waals surface area (Å²) < 4.78 is 1.74. The summed E-state index contributed by atoms with van der Waals surface area (Å²) in [6.45, 7) is 2.18. The van der Waals surface area contributed by atoms with Gasteiger partial charge in [0.1, 0.15) is 0 Å². The molecule has 0 spiro atoms. The largest absolute Gasteiger partial charge is 0.366 e. The Balaban J connectivity index is 1.70. The van der Waals surface area contributed by atoms with Crippen molar-refractivity contribution in [1.29, 1.82) is 0 Å². The fourth-order valence-corrected chi connectivity index (χ4v) is 2.68. The van der Waals surface area contributed by atoms with Crippen molar-refractivity contribution in [2.75, 3.05) is 13.1 Å². The quantitative estimate of drug-likeness (QED) is 0.874. The van der Waals surface area contributed by atoms with Crippen LogP contribution in [-0.4, -0.2) is 34.0 Å². The maximum atomic E-state index is 11.1. The van der Waals surface area contributed by atoms with E-state index >= 15 is 0 Å². The first-order valence-electron chi connectivity index (χ1n) is 7.24. The second-order valence-corrected chi connectivity index (χ2v) is 5.46. The lowest BCUT2D eigenvalue weighted by atomic mass is 9.93. The second kappa shape index (κ2) is 6.05. The zero-order valence-electron chi connectivity index (χ0n) is 11.8. The number of nitrogens with two attached hydrogens (primary N) is 1. The van der Waals surface area contributed by atoms with E-state index < -0.39 is 5.91 Å². The number of hydrogen-bond acceptors (Lipinski definition) is 4. The van der Waals surface area contributed by atoms with E-state index in [1.807, 2.05) is 18.3 Å². The SMILES string of the molecule is NC(=O)c1ccc(-n2cc(CC3CCNCC3)nn2)cc1. The van der Waals surface area contributed by atoms with Gasteiger partial charge in [-0.1, -0.05) is 5.21 Å². The molecule has 6 nitrogen and oxygen atoms in total. The van der Waals surface area contributed by atoms with Gasteiger partial charge < -0.3 is 11.1 Å². The van der Waals surface area contributed by atoms with Crippen molar-refractivity contribution in [3.63, 3.8) is 0 Å². The van der Waals surface area contributed by atoms with Gasteiger partial charge in [-0.05, 0) is 62.5 Å². The van der Waals surface area contributed by atoms with E-state index in [1.54, 1.807) is 16.8 Å². The maximum Gasteiger partial charge on any atom is 0.248 e. The summed E-state index contributed by atoms with van der Waals surface area (Å²) in [6.07, 6.45) is 5.32. The van der Waals surface area contributed by atoms with Gasteiger partial charge in [0.15, 0.2) is 0 Å². The molecule has 1 aliphatic heterocycles. The molecule has 21 heavy (non-hydrogen) atoms. The summed E-state index contributed by atoms with van der Waals surface area (Å²) in [5, 5.41) is 11.8. The fraction of sp³-hybridized carbons (Fsp3) is 0.400. The number of carbonyl (C=O) groups is 1. The molecule has 0 radical (unpaired) electrons. The third-order valence-electron chi connectivity index (χ3n) is 3.91. The molecular weight excluding hydrogens is 266 g/mol. The Morgan fingerprint density at radius 3 is 2.67 bits per heavy atom. The highest BCUT2D eigenvalue weighted by Gasteiger charge is 2.15. The van der Waals surface area contributed by atoms with Crippen molar-refractivity contribution in [3.8, 4) is 5.69 Å². The molecule has 0 unspecified atom stereocenters. The van der Waals surface area contributed by atoms with Gasteiger partial charge in [0.05, 0.1) is 17.6 Å². The highest BCUT2D eigenvalue weighted by molar-refractivity contribution is 5.92. The van der Waals surface area contributed by atoms with Gasteiger partial charge in [0, 0.05) is 5.56 Å². The Morgan fingerprint density at radius 2 is 2.00 bits per heavy atom. The van der Waals surface area contributed by atoms with E-state index in [0.29, 0.717) is 11.5 Å². The lowest BCUT2D eigenvalue weighted by molar-refractivity contribution is 0.100. The van der Waals surface area contributed by atoms with E-state index in [9.17, 15) is 4.79 Å². The van der Waals surface area contributed by atoms with Crippen LogP contribution >= 0.6 is 0 Å². The van der Waals surface area contributed by atoms with E-state index in [4.69, 9.17) is 5.73 Å². The topological polar surface area (TPSA) is 85.8 Å². The first-order chi connectivity index (χ1) is 10.2. The molecule has 2 aromatic rings. The van der Waals surface area contributed by atoms with Gasteiger partial charge in [-0.3, -0.25) is 4.79 Å². The van der Waals surface area contributed by atoms with Gasteiger partial charge in [0.25, 0.3) is 0 Å². The Hall–Kier alpha value is -2.21. The van der Waals surface area contributed by atoms with Crippen molar-refractivity contribution >= 4 is 5.91 Å². The summed E-state index contributed by atoms with van der Waals surface area (Å²) in [5.41, 5.74) is 7.62. The first-order valence-corrected chi connectivity index (χ1v) is 7.24. The van der Waals surface area contributed by atoms with Crippen LogP contribution in [0.15, 0.2) is 30.5 Å². The van der Waals surface area contributed by atoms with Crippen LogP contribution in [0.4, 0.5) is 0 Å². The average Bonchev–Trinajstić information content (AvgIpc) is 2.97. The number of rotatable bonds is 4. The molecule has 1 aliphatic rings. The number of benzene rings is 1. The average molecular weight is 285 g/mol. The number of piperidine rings is 1. The standard InChI is InChI=1S/C15H19N5O/c16-15(21)12-1-3-14(4-2-12)20-10-13(18-19-20)9-11-5-7-17-8-6-11/h1-4,10-11,17H,5-9H2,(H2,16,21). The lowest BCUT2D eigenvalue weighted by Gasteiger charge is -2.21. The molecule has 0 saturated carbocycles. The molecule has 3 N–H and O–H groups in total. The summed E-state index contributed by atoms with van der Waals surface area (Å²) in [4.78, 5) is 11.1. The van der Waals surface area contributed by atoms with E-state index in [0.717, 1.165) is 30.9 Å². The number of nitrogens with one attached hydrogen (secondary N) is 1. The monoisotopic (exact) mass is 285 g/mol. The molecule has 1 aromatic carbocycles. The Morgan fingerprint density at radius 1 is 1.29 bits per heavy atom. The number of nitrogens with zero attached hydrogens (tertiary/aromatic N) is 3. The Bertz CT molecular complexity index is 613. The third-order valence-corrected chi connectivity index (χ3v) is 3.91. The molecule has 2 heterocycles. The van der Waals surface area contributed by atoms with Gasteiger partial charge >= 0.3 is 0 Å². The van der Waals surface area contributed by atoms with Gasteiger partial charge in [-0.25, -0.2) is 4.68 Å². The second-order valence-electron chi connectivity index (χ2n) is 5.46. The van der Waals surface area contributed by atoms with Crippen LogP contribution in [0.5, 0.6) is 0 Å². The molecule has 0 bridgehead atoms. The normalized spacial score (nSPS) is 16.0. The van der Waals surface area contributed by atoms with Crippen molar-refractivity contribution in [2.24, 2.45) is 11.7 Å². The van der Waals surface area contributed by atoms with Crippen molar-refractivity contribution in [1.82, 2.24) is 20.3 Å². The lowest BCUT2D eigenvalue weighted by Crippen LogP contribution is -2.28. The van der Waals surface area contributed by atoms with Crippen LogP contribution in [0.1, 0.15) is 28.9 Å². The van der Waals surface area contributed by atoms with Crippen LogP contribution in [0.2, 0.25) is 0 Å². The predicted molar refractivity (Wildman–Crippen MR) is 79.2 cm³/mol. The number of aromatic nitrogens is 3. The molecule has 6 heteroatoms. The minimum atomic E-state index is -0.424. The molecule has 1 aromatic heterocycles. The maximum absolute atomic E-state index is 11.1. The van der Waals surface area contributed by atoms with E-state index in [2.05, 4.69) is 15.6 Å². The van der Waals surface area contributed by atoms with Gasteiger partial charge in [-0.2, -0.15) is 0 Å². The smallest absolute Gasteiger partial charge is 0.248 e. The van der Waals surface area contributed by atoms with Gasteiger partial charge in [0.2, 0.25) is 5.91 Å². The third kappa shape index (κ3) is 3.28. The zero-order valence-corrected chi connectivity index (χ0v) is 11.8. The van der Waals surface area contributed by atoms with Crippen molar-refractivity contribution < 1.29 is 4.79 Å². The first kappa shape index (κ1) is 13.8. The van der Waals surface area contributed by atoms with Crippen molar-refractivity contribution in [2.45, 2.75) is 19.3 Å². The summed E-state index contributed by atoms with van der Waals surface area (Å²) in [5.74, 6) is 0.264. The zero-order chi connectivity index (χ0) is 14.7. The molecule has 0 aliphatic carbocycles. The summed E-state index contributed by atoms with van der Waals surface area (Å²) >= 11 is 0. The minimum absolute atomic E-state index is 0.424. The molecule has 110 valence electrons. The fourth-order valence-electron chi connectivity index (χ4n) is 2.68. The Labute approximate surface area is 123 Å². The molecular formula is C15H19N5O. The number of carbonyl (C=O) groups excluding carboxylic acids is 1. The Kier molecular flexibility index (Phi) is 3.96. The van der Waals surface area contributed by atoms with Crippen LogP contribution in [0.3, 0.4) is 0 Å². The van der Waals surface area contributed by atoms with Crippen LogP contribution in [0, 0.1) is 5.92 Å². The van der Waals surface area contributed by atoms with Gasteiger partial charge in [-0.15, -0.1) is 5.10 Å². The van der Waals surface area contributed by atoms with E-state index in [1.165, 1.54) is 12.8 Å². The van der Waals surface area contributed by atoms with Crippen molar-refractivity contribution in [3.05, 3.63) is 41.7 Å². The van der Waals surface area contributed by atoms with Crippen LogP contribution < -0.4 is 11.1 Å². The molecule has 1 amide bonds. The molecule has 1 fully saturated rings. The van der Waals surface area contributed by atoms with Crippen LogP contribution in [0.25, 0.3) is 5.69 Å². The number of primary amides is 1. The van der Waals surface area contributed by atoms with Crippen LogP contribution in [-0.2, 0) is 6.42 Å². The number of hydrogen-bond donors (Lipinski definition) is 2. The number of amides is 1. The highest BCUT2D eigenvalue weighted by atomic mass is 16.1. The highest BCUT2D eigenvalue weighted by Crippen LogP contribution is 2.17. The van der Waals surface area contributed by atoms with E-state index in [-0.39, 0.29) is 0 Å². The summed E-state index contributed by atoms with van der Waals surface area (Å²) in [6, 6.07) is 7.05. The molecule has 3 rings (SSSR count). The minimum Gasteiger partial charge on any atom is -0.366 e.